The van der Waals surface area contributed by atoms with Crippen molar-refractivity contribution < 1.29 is 19.4 Å². The molecule has 49 heavy (non-hydrogen) atoms. The Hall–Kier alpha value is -5.00. The van der Waals surface area contributed by atoms with Crippen molar-refractivity contribution in [2.75, 3.05) is 5.75 Å². The third kappa shape index (κ3) is 7.68. The Balaban J connectivity index is 1.05. The van der Waals surface area contributed by atoms with Gasteiger partial charge >= 0.3 is 0 Å². The van der Waals surface area contributed by atoms with Crippen LogP contribution in [0.25, 0.3) is 22.2 Å². The van der Waals surface area contributed by atoms with Gasteiger partial charge in [0, 0.05) is 36.2 Å². The molecule has 1 fully saturated rings. The average molecular weight is 670 g/mol. The van der Waals surface area contributed by atoms with Crippen LogP contribution >= 0.6 is 11.8 Å². The predicted molar refractivity (Wildman–Crippen MR) is 188 cm³/mol. The molecular formula is C39H35N5O4S. The number of carbonyl (C=O) groups is 1. The minimum Gasteiger partial charge on any atom is -0.392 e. The zero-order chi connectivity index (χ0) is 33.6. The standard InChI is InChI=1S/C39H35N5O4S/c1-25-35(24-49-39-40-18-5-19-41-39)47-38(48-36(25)29-12-10-26(23-45)11-13-29)30-16-14-28(15-17-30)31-7-4-6-27(20-31)21-43-37(46)34-22-42-32-8-2-3-9-33(32)44-34/h2-20,22,25,35-36,38,45H,21,23-24H2,1H3,(H,43,46)/t25-,35+,36+,38+/m0/s1. The molecule has 3 heterocycles. The molecule has 0 radical (unpaired) electrons. The first kappa shape index (κ1) is 32.5. The second kappa shape index (κ2) is 15.0. The molecule has 0 saturated carbocycles. The number of hydrogen-bond acceptors (Lipinski definition) is 9. The van der Waals surface area contributed by atoms with E-state index in [0.29, 0.717) is 23.0 Å². The van der Waals surface area contributed by atoms with Gasteiger partial charge in [-0.3, -0.25) is 9.78 Å². The second-order valence-electron chi connectivity index (χ2n) is 11.9. The molecule has 9 nitrogen and oxygen atoms in total. The minimum atomic E-state index is -0.574. The molecule has 1 aliphatic rings. The fraction of sp³-hybridized carbons (Fsp3) is 0.205. The first-order valence-corrected chi connectivity index (χ1v) is 17.1. The molecule has 1 saturated heterocycles. The van der Waals surface area contributed by atoms with Crippen LogP contribution in [0.15, 0.2) is 127 Å². The molecule has 246 valence electrons. The van der Waals surface area contributed by atoms with Gasteiger partial charge in [0.25, 0.3) is 5.91 Å². The van der Waals surface area contributed by atoms with E-state index in [0.717, 1.165) is 38.9 Å². The lowest BCUT2D eigenvalue weighted by Gasteiger charge is -2.41. The van der Waals surface area contributed by atoms with Crippen molar-refractivity contribution >= 4 is 28.7 Å². The van der Waals surface area contributed by atoms with Crippen LogP contribution < -0.4 is 5.32 Å². The zero-order valence-electron chi connectivity index (χ0n) is 26.8. The summed E-state index contributed by atoms with van der Waals surface area (Å²) in [5, 5.41) is 13.2. The fourth-order valence-electron chi connectivity index (χ4n) is 5.86. The highest BCUT2D eigenvalue weighted by atomic mass is 32.2. The second-order valence-corrected chi connectivity index (χ2v) is 12.9. The number of amides is 1. The molecule has 2 N–H and O–H groups in total. The number of nitrogens with one attached hydrogen (secondary N) is 1. The summed E-state index contributed by atoms with van der Waals surface area (Å²) in [5.74, 6) is 0.458. The van der Waals surface area contributed by atoms with E-state index in [1.807, 2.05) is 72.8 Å². The quantitative estimate of drug-likeness (QED) is 0.116. The van der Waals surface area contributed by atoms with Crippen molar-refractivity contribution in [1.29, 1.82) is 0 Å². The molecule has 4 atom stereocenters. The number of carbonyl (C=O) groups excluding carboxylic acids is 1. The van der Waals surface area contributed by atoms with Crippen molar-refractivity contribution in [3.05, 3.63) is 150 Å². The van der Waals surface area contributed by atoms with E-state index < -0.39 is 6.29 Å². The number of aliphatic hydroxyl groups is 1. The maximum atomic E-state index is 12.8. The monoisotopic (exact) mass is 669 g/mol. The summed E-state index contributed by atoms with van der Waals surface area (Å²) in [5.41, 5.74) is 7.56. The lowest BCUT2D eigenvalue weighted by atomic mass is 9.91. The molecule has 2 aromatic heterocycles. The van der Waals surface area contributed by atoms with Gasteiger partial charge in [-0.2, -0.15) is 0 Å². The molecule has 1 amide bonds. The summed E-state index contributed by atoms with van der Waals surface area (Å²) in [7, 11) is 0. The summed E-state index contributed by atoms with van der Waals surface area (Å²) in [6.07, 6.45) is 4.08. The van der Waals surface area contributed by atoms with Gasteiger partial charge in [-0.1, -0.05) is 97.5 Å². The van der Waals surface area contributed by atoms with Crippen LogP contribution in [0.5, 0.6) is 0 Å². The summed E-state index contributed by atoms with van der Waals surface area (Å²) in [6.45, 7) is 2.49. The number of para-hydroxylation sites is 2. The van der Waals surface area contributed by atoms with Gasteiger partial charge in [0.05, 0.1) is 36.0 Å². The van der Waals surface area contributed by atoms with E-state index >= 15 is 0 Å². The topological polar surface area (TPSA) is 119 Å². The lowest BCUT2D eigenvalue weighted by molar-refractivity contribution is -0.268. The highest BCUT2D eigenvalue weighted by molar-refractivity contribution is 7.99. The van der Waals surface area contributed by atoms with Crippen molar-refractivity contribution in [1.82, 2.24) is 25.3 Å². The fourth-order valence-corrected chi connectivity index (χ4v) is 6.83. The Morgan fingerprint density at radius 2 is 1.55 bits per heavy atom. The van der Waals surface area contributed by atoms with E-state index in [1.54, 1.807) is 30.2 Å². The molecule has 6 aromatic rings. The number of ether oxygens (including phenoxy) is 2. The van der Waals surface area contributed by atoms with Crippen LogP contribution in [0.2, 0.25) is 0 Å². The molecule has 0 spiro atoms. The number of nitrogens with zero attached hydrogens (tertiary/aromatic N) is 4. The average Bonchev–Trinajstić information content (AvgIpc) is 3.17. The van der Waals surface area contributed by atoms with E-state index in [-0.39, 0.29) is 36.3 Å². The van der Waals surface area contributed by atoms with Gasteiger partial charge in [-0.15, -0.1) is 0 Å². The molecule has 10 heteroatoms. The third-order valence-electron chi connectivity index (χ3n) is 8.62. The number of hydrogen-bond donors (Lipinski definition) is 2. The smallest absolute Gasteiger partial charge is 0.271 e. The van der Waals surface area contributed by atoms with Gasteiger partial charge in [0.2, 0.25) is 0 Å². The Bertz CT molecular complexity index is 2030. The van der Waals surface area contributed by atoms with Crippen LogP contribution in [-0.4, -0.2) is 42.8 Å². The number of benzene rings is 4. The zero-order valence-corrected chi connectivity index (χ0v) is 27.7. The maximum Gasteiger partial charge on any atom is 0.271 e. The van der Waals surface area contributed by atoms with Crippen LogP contribution in [0.4, 0.5) is 0 Å². The van der Waals surface area contributed by atoms with Gasteiger partial charge < -0.3 is 19.9 Å². The van der Waals surface area contributed by atoms with Crippen molar-refractivity contribution in [3.8, 4) is 11.1 Å². The third-order valence-corrected chi connectivity index (χ3v) is 9.58. The summed E-state index contributed by atoms with van der Waals surface area (Å²) in [4.78, 5) is 30.4. The van der Waals surface area contributed by atoms with Crippen molar-refractivity contribution in [3.63, 3.8) is 0 Å². The number of rotatable bonds is 10. The van der Waals surface area contributed by atoms with Crippen molar-refractivity contribution in [2.24, 2.45) is 5.92 Å². The van der Waals surface area contributed by atoms with Gasteiger partial charge in [0.1, 0.15) is 5.69 Å². The highest BCUT2D eigenvalue weighted by Crippen LogP contribution is 2.43. The first-order chi connectivity index (χ1) is 24.0. The minimum absolute atomic E-state index is 0.00611. The van der Waals surface area contributed by atoms with E-state index in [4.69, 9.17) is 9.47 Å². The molecule has 1 aliphatic heterocycles. The van der Waals surface area contributed by atoms with E-state index in [9.17, 15) is 9.90 Å². The van der Waals surface area contributed by atoms with Gasteiger partial charge in [0.15, 0.2) is 11.4 Å². The van der Waals surface area contributed by atoms with Crippen LogP contribution in [-0.2, 0) is 22.6 Å². The van der Waals surface area contributed by atoms with Gasteiger partial charge in [-0.05, 0) is 52.1 Å². The Morgan fingerprint density at radius 1 is 0.796 bits per heavy atom. The maximum absolute atomic E-state index is 12.8. The Morgan fingerprint density at radius 3 is 2.33 bits per heavy atom. The molecule has 7 rings (SSSR count). The van der Waals surface area contributed by atoms with Crippen molar-refractivity contribution in [2.45, 2.75) is 43.7 Å². The Kier molecular flexibility index (Phi) is 9.99. The number of aromatic nitrogens is 4. The Labute approximate surface area is 288 Å². The summed E-state index contributed by atoms with van der Waals surface area (Å²) in [6, 6.07) is 33.5. The van der Waals surface area contributed by atoms with E-state index in [1.165, 1.54) is 6.20 Å². The normalized spacial score (nSPS) is 19.1. The molecule has 0 aliphatic carbocycles. The molecular weight excluding hydrogens is 635 g/mol. The predicted octanol–water partition coefficient (Wildman–Crippen LogP) is 7.09. The summed E-state index contributed by atoms with van der Waals surface area (Å²) >= 11 is 1.57. The van der Waals surface area contributed by atoms with Crippen LogP contribution in [0.1, 0.15) is 52.1 Å². The SMILES string of the molecule is C[C@H]1[C@@H](CSc2ncccn2)O[C@@H](c2ccc(-c3cccc(CNC(=O)c4cnc5ccccc5n4)c3)cc2)O[C@H]1c1ccc(CO)cc1. The van der Waals surface area contributed by atoms with Crippen LogP contribution in [0, 0.1) is 5.92 Å². The van der Waals surface area contributed by atoms with Gasteiger partial charge in [-0.25, -0.2) is 15.0 Å². The number of thioether (sulfide) groups is 1. The first-order valence-electron chi connectivity index (χ1n) is 16.1. The molecule has 0 bridgehead atoms. The number of fused-ring (bicyclic) bond motifs is 1. The highest BCUT2D eigenvalue weighted by Gasteiger charge is 2.38. The molecule has 4 aromatic carbocycles. The van der Waals surface area contributed by atoms with Crippen LogP contribution in [0.3, 0.4) is 0 Å². The largest absolute Gasteiger partial charge is 0.392 e. The molecule has 0 unspecified atom stereocenters. The number of aliphatic hydroxyl groups excluding tert-OH is 1. The lowest BCUT2D eigenvalue weighted by Crippen LogP contribution is -2.38. The summed E-state index contributed by atoms with van der Waals surface area (Å²) < 4.78 is 13.2. The van der Waals surface area contributed by atoms with E-state index in [2.05, 4.69) is 56.4 Å².